The van der Waals surface area contributed by atoms with Crippen molar-refractivity contribution in [2.24, 2.45) is 5.41 Å². The Morgan fingerprint density at radius 3 is 2.18 bits per heavy atom. The van der Waals surface area contributed by atoms with Gasteiger partial charge in [0.05, 0.1) is 60.9 Å². The Balaban J connectivity index is 0.775. The molecular weight excluding hydrogens is 871 g/mol. The molecule has 7 rings (SSSR count). The SMILES string of the molecule is Cc1ncsc1-c1ccc(CNC(=O)[C@@H]2C[C@@H](O)CN2C(=O)[C@@H](NC(=O)COCCOCCOCCOc2ccc(Cn3c(-c4ccccc4)c(C)c4cc(O)ccc43)cc2)C(C)(C)C)cc1. The first-order valence-electron chi connectivity index (χ1n) is 22.6. The molecule has 4 N–H and O–H groups in total. The third-order valence-electron chi connectivity index (χ3n) is 11.8. The monoisotopic (exact) mass is 931 g/mol. The van der Waals surface area contributed by atoms with Gasteiger partial charge in [0.25, 0.3) is 0 Å². The zero-order valence-electron chi connectivity index (χ0n) is 38.8. The number of carbonyl (C=O) groups is 3. The van der Waals surface area contributed by atoms with Gasteiger partial charge < -0.3 is 49.3 Å². The van der Waals surface area contributed by atoms with Crippen LogP contribution < -0.4 is 15.4 Å². The van der Waals surface area contributed by atoms with Gasteiger partial charge in [-0.2, -0.15) is 0 Å². The van der Waals surface area contributed by atoms with E-state index in [9.17, 15) is 24.6 Å². The fourth-order valence-electron chi connectivity index (χ4n) is 8.32. The molecule has 3 amide bonds. The van der Waals surface area contributed by atoms with Crippen molar-refractivity contribution in [3.63, 3.8) is 0 Å². The summed E-state index contributed by atoms with van der Waals surface area (Å²) in [6, 6.07) is 29.9. The number of aliphatic hydroxyl groups is 1. The maximum Gasteiger partial charge on any atom is 0.246 e. The molecule has 1 saturated heterocycles. The standard InChI is InChI=1S/C52H61N5O9S/c1-34-43-27-40(58)17-20-44(43)56(47(34)38-9-7-6-8-10-38)30-37-13-18-42(19-14-37)66-26-25-64-22-21-63-23-24-65-32-46(60)55-49(52(3,4)5)51(62)57-31-41(59)28-45(57)50(61)53-29-36-11-15-39(16-12-36)48-35(2)54-33-67-48/h6-20,27,33,41,45,49,58-59H,21-26,28-32H2,1-5H3,(H,53,61)(H,55,60)/t41-,45+,49-/m1/s1. The molecule has 3 heterocycles. The summed E-state index contributed by atoms with van der Waals surface area (Å²) in [7, 11) is 0. The number of hydrogen-bond acceptors (Lipinski definition) is 11. The Kier molecular flexibility index (Phi) is 16.5. The summed E-state index contributed by atoms with van der Waals surface area (Å²) in [6.45, 7) is 12.0. The highest BCUT2D eigenvalue weighted by Gasteiger charge is 2.44. The lowest BCUT2D eigenvalue weighted by Gasteiger charge is -2.35. The van der Waals surface area contributed by atoms with E-state index in [1.54, 1.807) is 17.4 Å². The molecular formula is C52H61N5O9S. The molecule has 354 valence electrons. The number of fused-ring (bicyclic) bond motifs is 1. The topological polar surface area (TPSA) is 174 Å². The zero-order chi connectivity index (χ0) is 47.5. The molecule has 0 unspecified atom stereocenters. The van der Waals surface area contributed by atoms with Gasteiger partial charge in [0, 0.05) is 37.0 Å². The van der Waals surface area contributed by atoms with Crippen LogP contribution in [0.1, 0.15) is 49.6 Å². The highest BCUT2D eigenvalue weighted by molar-refractivity contribution is 7.13. The minimum absolute atomic E-state index is 0.0142. The number of aromatic hydroxyl groups is 1. The van der Waals surface area contributed by atoms with Crippen molar-refractivity contribution >= 4 is 40.0 Å². The molecule has 0 saturated carbocycles. The van der Waals surface area contributed by atoms with E-state index in [2.05, 4.69) is 51.4 Å². The van der Waals surface area contributed by atoms with Crippen molar-refractivity contribution in [1.82, 2.24) is 25.1 Å². The van der Waals surface area contributed by atoms with Crippen molar-refractivity contribution in [1.29, 1.82) is 0 Å². The number of likely N-dealkylation sites (tertiary alicyclic amines) is 1. The molecule has 14 nitrogen and oxygen atoms in total. The van der Waals surface area contributed by atoms with Crippen LogP contribution in [0.25, 0.3) is 32.6 Å². The summed E-state index contributed by atoms with van der Waals surface area (Å²) >= 11 is 1.57. The van der Waals surface area contributed by atoms with Gasteiger partial charge in [-0.25, -0.2) is 4.98 Å². The Bertz CT molecular complexity index is 2590. The minimum Gasteiger partial charge on any atom is -0.508 e. The van der Waals surface area contributed by atoms with Crippen LogP contribution in [0.4, 0.5) is 0 Å². The second kappa shape index (κ2) is 22.6. The number of nitrogens with one attached hydrogen (secondary N) is 2. The summed E-state index contributed by atoms with van der Waals surface area (Å²) < 4.78 is 25.0. The smallest absolute Gasteiger partial charge is 0.246 e. The fraction of sp³-hybridized carbons (Fsp3) is 0.385. The van der Waals surface area contributed by atoms with Crippen LogP contribution in [-0.4, -0.2) is 113 Å². The number of phenols is 1. The van der Waals surface area contributed by atoms with Gasteiger partial charge in [-0.05, 0) is 77.4 Å². The first-order valence-corrected chi connectivity index (χ1v) is 23.5. The Morgan fingerprint density at radius 2 is 1.51 bits per heavy atom. The molecule has 1 fully saturated rings. The quantitative estimate of drug-likeness (QED) is 0.0549. The summed E-state index contributed by atoms with van der Waals surface area (Å²) in [5.41, 5.74) is 9.56. The number of rotatable bonds is 21. The normalized spacial score (nSPS) is 15.5. The Hall–Kier alpha value is -6.10. The molecule has 2 aromatic heterocycles. The van der Waals surface area contributed by atoms with Gasteiger partial charge in [0.15, 0.2) is 0 Å². The van der Waals surface area contributed by atoms with Crippen LogP contribution in [0, 0.1) is 19.3 Å². The van der Waals surface area contributed by atoms with E-state index in [4.69, 9.17) is 18.9 Å². The van der Waals surface area contributed by atoms with E-state index in [1.807, 2.05) is 99.9 Å². The lowest BCUT2D eigenvalue weighted by atomic mass is 9.85. The lowest BCUT2D eigenvalue weighted by Crippen LogP contribution is -2.58. The second-order valence-corrected chi connectivity index (χ2v) is 18.7. The number of phenolic OH excluding ortho intramolecular Hbond substituents is 1. The van der Waals surface area contributed by atoms with E-state index in [-0.39, 0.29) is 51.0 Å². The van der Waals surface area contributed by atoms with Crippen molar-refractivity contribution in [3.8, 4) is 33.2 Å². The molecule has 1 aliphatic rings. The van der Waals surface area contributed by atoms with Crippen molar-refractivity contribution in [2.45, 2.75) is 72.3 Å². The molecule has 6 aromatic rings. The van der Waals surface area contributed by atoms with E-state index < -0.39 is 35.4 Å². The number of aryl methyl sites for hydroxylation is 2. The van der Waals surface area contributed by atoms with Crippen LogP contribution in [0.5, 0.6) is 11.5 Å². The fourth-order valence-corrected chi connectivity index (χ4v) is 9.13. The molecule has 15 heteroatoms. The largest absolute Gasteiger partial charge is 0.508 e. The molecule has 3 atom stereocenters. The summed E-state index contributed by atoms with van der Waals surface area (Å²) in [5.74, 6) is -0.305. The predicted molar refractivity (Wildman–Crippen MR) is 259 cm³/mol. The molecule has 0 radical (unpaired) electrons. The first-order chi connectivity index (χ1) is 32.3. The third kappa shape index (κ3) is 12.7. The number of aromatic nitrogens is 2. The van der Waals surface area contributed by atoms with Gasteiger partial charge in [-0.15, -0.1) is 11.3 Å². The van der Waals surface area contributed by atoms with Gasteiger partial charge in [-0.1, -0.05) is 87.5 Å². The number of amides is 3. The van der Waals surface area contributed by atoms with Gasteiger partial charge in [-0.3, -0.25) is 14.4 Å². The van der Waals surface area contributed by atoms with Crippen LogP contribution in [-0.2, 0) is 41.7 Å². The maximum atomic E-state index is 13.9. The van der Waals surface area contributed by atoms with Crippen molar-refractivity contribution in [2.75, 3.05) is 52.8 Å². The summed E-state index contributed by atoms with van der Waals surface area (Å²) in [6.07, 6.45) is -0.770. The number of ether oxygens (including phenoxy) is 4. The molecule has 4 aromatic carbocycles. The van der Waals surface area contributed by atoms with Crippen molar-refractivity contribution < 1.29 is 43.5 Å². The summed E-state index contributed by atoms with van der Waals surface area (Å²) in [4.78, 5) is 47.1. The highest BCUT2D eigenvalue weighted by atomic mass is 32.1. The summed E-state index contributed by atoms with van der Waals surface area (Å²) in [5, 5.41) is 27.5. The number of thiazole rings is 1. The van der Waals surface area contributed by atoms with E-state index in [1.165, 1.54) is 4.90 Å². The first kappa shape index (κ1) is 48.8. The van der Waals surface area contributed by atoms with Crippen LogP contribution in [0.2, 0.25) is 0 Å². The molecule has 67 heavy (non-hydrogen) atoms. The minimum atomic E-state index is -0.962. The lowest BCUT2D eigenvalue weighted by molar-refractivity contribution is -0.144. The van der Waals surface area contributed by atoms with Crippen LogP contribution in [0.3, 0.4) is 0 Å². The molecule has 0 aliphatic carbocycles. The van der Waals surface area contributed by atoms with E-state index in [0.29, 0.717) is 33.0 Å². The second-order valence-electron chi connectivity index (χ2n) is 17.8. The van der Waals surface area contributed by atoms with Crippen LogP contribution in [0.15, 0.2) is 103 Å². The third-order valence-corrected chi connectivity index (χ3v) is 12.8. The van der Waals surface area contributed by atoms with Gasteiger partial charge >= 0.3 is 0 Å². The van der Waals surface area contributed by atoms with Crippen LogP contribution >= 0.6 is 11.3 Å². The zero-order valence-corrected chi connectivity index (χ0v) is 39.6. The Morgan fingerprint density at radius 1 is 0.836 bits per heavy atom. The van der Waals surface area contributed by atoms with Gasteiger partial charge in [0.2, 0.25) is 17.7 Å². The number of aliphatic hydroxyl groups excluding tert-OH is 1. The molecule has 0 bridgehead atoms. The Labute approximate surface area is 395 Å². The maximum absolute atomic E-state index is 13.9. The molecule has 0 spiro atoms. The average Bonchev–Trinajstić information content (AvgIpc) is 4.01. The molecule has 1 aliphatic heterocycles. The number of carbonyl (C=O) groups excluding carboxylic acids is 3. The number of benzene rings is 4. The number of nitrogens with zero attached hydrogens (tertiary/aromatic N) is 3. The number of hydrogen-bond donors (Lipinski definition) is 4. The predicted octanol–water partition coefficient (Wildman–Crippen LogP) is 7.04. The van der Waals surface area contributed by atoms with E-state index in [0.717, 1.165) is 60.7 Å². The van der Waals surface area contributed by atoms with Gasteiger partial charge in [0.1, 0.15) is 36.8 Å². The highest BCUT2D eigenvalue weighted by Crippen LogP contribution is 2.36. The average molecular weight is 932 g/mol. The number of β-amino-alcohol motifs (C(OH)–C–C–N with tert-alkyl or cyclic N) is 1. The van der Waals surface area contributed by atoms with E-state index >= 15 is 0 Å². The van der Waals surface area contributed by atoms with Crippen molar-refractivity contribution in [3.05, 3.63) is 125 Å².